The third kappa shape index (κ3) is 4.54. The Kier molecular flexibility index (Phi) is 7.00. The largest absolute Gasteiger partial charge is 0.352 e. The van der Waals surface area contributed by atoms with Crippen molar-refractivity contribution in [2.45, 2.75) is 59.4 Å². The fourth-order valence-electron chi connectivity index (χ4n) is 3.40. The predicted molar refractivity (Wildman–Crippen MR) is 103 cm³/mol. The summed E-state index contributed by atoms with van der Waals surface area (Å²) in [6, 6.07) is 0.246. The van der Waals surface area contributed by atoms with Crippen molar-refractivity contribution < 1.29 is 9.59 Å². The Morgan fingerprint density at radius 2 is 1.73 bits per heavy atom. The van der Waals surface area contributed by atoms with Crippen LogP contribution in [0.2, 0.25) is 0 Å². The number of rotatable bonds is 7. The van der Waals surface area contributed by atoms with Crippen molar-refractivity contribution in [3.63, 3.8) is 0 Å². The Labute approximate surface area is 155 Å². The molecular weight excluding hydrogens is 330 g/mol. The summed E-state index contributed by atoms with van der Waals surface area (Å²) in [4.78, 5) is 39.9. The maximum absolute atomic E-state index is 12.9. The van der Waals surface area contributed by atoms with Crippen LogP contribution in [0.1, 0.15) is 80.1 Å². The maximum atomic E-state index is 12.9. The second kappa shape index (κ2) is 9.01. The zero-order valence-electron chi connectivity index (χ0n) is 16.4. The molecule has 0 bridgehead atoms. The number of pyridine rings is 1. The van der Waals surface area contributed by atoms with E-state index >= 15 is 0 Å². The molecular formula is C20H31N3O3. The number of nitrogens with one attached hydrogen (secondary N) is 1. The molecule has 1 heterocycles. The van der Waals surface area contributed by atoms with Crippen LogP contribution < -0.4 is 10.7 Å². The number of hydrogen-bond donors (Lipinski definition) is 1. The monoisotopic (exact) mass is 361 g/mol. The average molecular weight is 361 g/mol. The summed E-state index contributed by atoms with van der Waals surface area (Å²) in [6.07, 6.45) is 7.56. The molecule has 1 aliphatic rings. The highest BCUT2D eigenvalue weighted by Crippen LogP contribution is 2.29. The maximum Gasteiger partial charge on any atom is 0.259 e. The molecule has 0 atom stereocenters. The molecule has 1 aromatic heterocycles. The highest BCUT2D eigenvalue weighted by atomic mass is 16.2. The molecule has 1 saturated carbocycles. The van der Waals surface area contributed by atoms with E-state index in [0.29, 0.717) is 19.6 Å². The molecule has 26 heavy (non-hydrogen) atoms. The first-order valence-electron chi connectivity index (χ1n) is 9.72. The van der Waals surface area contributed by atoms with Crippen LogP contribution in [-0.4, -0.2) is 40.9 Å². The Balaban J connectivity index is 2.47. The third-order valence-corrected chi connectivity index (χ3v) is 4.99. The summed E-state index contributed by atoms with van der Waals surface area (Å²) in [6.45, 7) is 9.32. The van der Waals surface area contributed by atoms with E-state index in [4.69, 9.17) is 0 Å². The van der Waals surface area contributed by atoms with E-state index in [9.17, 15) is 14.4 Å². The van der Waals surface area contributed by atoms with Gasteiger partial charge in [-0.05, 0) is 32.6 Å². The number of nitrogens with zero attached hydrogens (tertiary/aromatic N) is 2. The Morgan fingerprint density at radius 3 is 2.27 bits per heavy atom. The summed E-state index contributed by atoms with van der Waals surface area (Å²) in [5.74, 6) is -0.411. The molecule has 0 radical (unpaired) electrons. The first kappa shape index (κ1) is 20.2. The quantitative estimate of drug-likeness (QED) is 0.812. The first-order chi connectivity index (χ1) is 12.4. The molecule has 0 saturated heterocycles. The lowest BCUT2D eigenvalue weighted by atomic mass is 10.1. The van der Waals surface area contributed by atoms with Crippen molar-refractivity contribution in [1.29, 1.82) is 0 Å². The Bertz CT molecular complexity index is 699. The summed E-state index contributed by atoms with van der Waals surface area (Å²) in [7, 11) is 0. The zero-order valence-corrected chi connectivity index (χ0v) is 16.4. The smallest absolute Gasteiger partial charge is 0.259 e. The van der Waals surface area contributed by atoms with E-state index < -0.39 is 11.3 Å². The van der Waals surface area contributed by atoms with Crippen LogP contribution >= 0.6 is 0 Å². The van der Waals surface area contributed by atoms with E-state index in [0.717, 1.165) is 25.7 Å². The van der Waals surface area contributed by atoms with Gasteiger partial charge < -0.3 is 14.8 Å². The summed E-state index contributed by atoms with van der Waals surface area (Å²) in [5.41, 5.74) is -0.314. The number of amides is 2. The lowest BCUT2D eigenvalue weighted by Crippen LogP contribution is -2.38. The highest BCUT2D eigenvalue weighted by Gasteiger charge is 2.25. The van der Waals surface area contributed by atoms with Crippen molar-refractivity contribution in [2.75, 3.05) is 19.6 Å². The molecule has 2 rings (SSSR count). The molecule has 0 spiro atoms. The van der Waals surface area contributed by atoms with Crippen molar-refractivity contribution in [3.05, 3.63) is 33.7 Å². The van der Waals surface area contributed by atoms with Gasteiger partial charge in [-0.1, -0.05) is 26.7 Å². The zero-order chi connectivity index (χ0) is 19.3. The molecule has 6 nitrogen and oxygen atoms in total. The van der Waals surface area contributed by atoms with E-state index in [2.05, 4.69) is 5.32 Å². The summed E-state index contributed by atoms with van der Waals surface area (Å²) in [5, 5.41) is 2.80. The average Bonchev–Trinajstić information content (AvgIpc) is 3.15. The number of hydrogen-bond acceptors (Lipinski definition) is 3. The molecule has 1 fully saturated rings. The number of carbonyl (C=O) groups is 2. The third-order valence-electron chi connectivity index (χ3n) is 4.99. The molecule has 1 N–H and O–H groups in total. The lowest BCUT2D eigenvalue weighted by Gasteiger charge is -2.21. The summed E-state index contributed by atoms with van der Waals surface area (Å²) < 4.78 is 1.91. The fourth-order valence-corrected chi connectivity index (χ4v) is 3.40. The van der Waals surface area contributed by atoms with Gasteiger partial charge in [0.15, 0.2) is 0 Å². The number of aromatic nitrogens is 1. The normalized spacial score (nSPS) is 14.7. The summed E-state index contributed by atoms with van der Waals surface area (Å²) >= 11 is 0. The van der Waals surface area contributed by atoms with E-state index in [1.165, 1.54) is 0 Å². The first-order valence-corrected chi connectivity index (χ1v) is 9.72. The molecule has 0 aromatic carbocycles. The van der Waals surface area contributed by atoms with Gasteiger partial charge >= 0.3 is 0 Å². The van der Waals surface area contributed by atoms with E-state index in [1.807, 2.05) is 32.3 Å². The van der Waals surface area contributed by atoms with Crippen LogP contribution in [0.4, 0.5) is 0 Å². The SMILES string of the molecule is CCN(CC)C(=O)c1cn(C2CCCC2)cc(C(=O)NCC(C)C)c1=O. The Hall–Kier alpha value is -2.11. The molecule has 6 heteroatoms. The Morgan fingerprint density at radius 1 is 1.15 bits per heavy atom. The highest BCUT2D eigenvalue weighted by molar-refractivity contribution is 5.99. The van der Waals surface area contributed by atoms with E-state index in [-0.39, 0.29) is 29.0 Å². The topological polar surface area (TPSA) is 71.4 Å². The van der Waals surface area contributed by atoms with Crippen LogP contribution in [0, 0.1) is 5.92 Å². The lowest BCUT2D eigenvalue weighted by molar-refractivity contribution is 0.0770. The second-order valence-corrected chi connectivity index (χ2v) is 7.38. The molecule has 0 aliphatic heterocycles. The molecule has 1 aromatic rings. The van der Waals surface area contributed by atoms with Gasteiger partial charge in [0.2, 0.25) is 5.43 Å². The number of carbonyl (C=O) groups excluding carboxylic acids is 2. The fraction of sp³-hybridized carbons (Fsp3) is 0.650. The standard InChI is InChI=1S/C20H31N3O3/c1-5-22(6-2)20(26)17-13-23(15-9-7-8-10-15)12-16(18(17)24)19(25)21-11-14(3)4/h12-15H,5-11H2,1-4H3,(H,21,25). The van der Waals surface area contributed by atoms with Gasteiger partial charge in [-0.25, -0.2) is 0 Å². The van der Waals surface area contributed by atoms with Crippen molar-refractivity contribution >= 4 is 11.8 Å². The minimum atomic E-state index is -0.475. The van der Waals surface area contributed by atoms with Gasteiger partial charge in [-0.3, -0.25) is 14.4 Å². The van der Waals surface area contributed by atoms with E-state index in [1.54, 1.807) is 17.3 Å². The van der Waals surface area contributed by atoms with Crippen LogP contribution in [0.25, 0.3) is 0 Å². The molecule has 0 unspecified atom stereocenters. The van der Waals surface area contributed by atoms with Gasteiger partial charge in [0.1, 0.15) is 11.1 Å². The minimum Gasteiger partial charge on any atom is -0.352 e. The molecule has 2 amide bonds. The van der Waals surface area contributed by atoms with Crippen LogP contribution in [0.5, 0.6) is 0 Å². The van der Waals surface area contributed by atoms with Crippen molar-refractivity contribution in [3.8, 4) is 0 Å². The van der Waals surface area contributed by atoms with Gasteiger partial charge in [0.25, 0.3) is 11.8 Å². The van der Waals surface area contributed by atoms with Gasteiger partial charge in [0, 0.05) is 38.1 Å². The van der Waals surface area contributed by atoms with Crippen molar-refractivity contribution in [1.82, 2.24) is 14.8 Å². The second-order valence-electron chi connectivity index (χ2n) is 7.38. The predicted octanol–water partition coefficient (Wildman–Crippen LogP) is 2.83. The minimum absolute atomic E-state index is 0.0653. The molecule has 1 aliphatic carbocycles. The van der Waals surface area contributed by atoms with Crippen LogP contribution in [0.15, 0.2) is 17.2 Å². The molecule has 144 valence electrons. The van der Waals surface area contributed by atoms with Crippen LogP contribution in [-0.2, 0) is 0 Å². The van der Waals surface area contributed by atoms with Gasteiger partial charge in [-0.15, -0.1) is 0 Å². The van der Waals surface area contributed by atoms with Crippen LogP contribution in [0.3, 0.4) is 0 Å². The van der Waals surface area contributed by atoms with Gasteiger partial charge in [0.05, 0.1) is 0 Å². The van der Waals surface area contributed by atoms with Gasteiger partial charge in [-0.2, -0.15) is 0 Å². The van der Waals surface area contributed by atoms with Crippen molar-refractivity contribution in [2.24, 2.45) is 5.92 Å².